The average molecular weight is 264 g/mol. The van der Waals surface area contributed by atoms with Crippen LogP contribution in [-0.4, -0.2) is 20.4 Å². The molecule has 2 aromatic rings. The van der Waals surface area contributed by atoms with Gasteiger partial charge in [0.2, 0.25) is 0 Å². The van der Waals surface area contributed by atoms with E-state index in [1.54, 1.807) is 0 Å². The minimum atomic E-state index is -0.180. The van der Waals surface area contributed by atoms with Gasteiger partial charge in [0.25, 0.3) is 0 Å². The van der Waals surface area contributed by atoms with E-state index in [-0.39, 0.29) is 11.9 Å². The highest BCUT2D eigenvalue weighted by atomic mass is 16.5. The van der Waals surface area contributed by atoms with E-state index in [9.17, 15) is 4.79 Å². The number of rotatable bonds is 2. The van der Waals surface area contributed by atoms with Crippen LogP contribution in [0.5, 0.6) is 0 Å². The van der Waals surface area contributed by atoms with Crippen LogP contribution in [0.15, 0.2) is 42.5 Å². The molecule has 0 aliphatic heterocycles. The van der Waals surface area contributed by atoms with Crippen molar-refractivity contribution in [3.8, 4) is 11.1 Å². The lowest BCUT2D eigenvalue weighted by molar-refractivity contribution is -0.145. The molecule has 0 radical (unpaired) electrons. The molecule has 100 valence electrons. The number of esters is 1. The molecule has 0 saturated carbocycles. The second-order valence-electron chi connectivity index (χ2n) is 5.26. The Morgan fingerprint density at radius 1 is 1.25 bits per heavy atom. The molecule has 0 N–H and O–H groups in total. The molecule has 0 bridgehead atoms. The van der Waals surface area contributed by atoms with Gasteiger partial charge in [0.1, 0.15) is 7.85 Å². The highest BCUT2D eigenvalue weighted by Gasteiger charge is 2.30. The Bertz CT molecular complexity index is 664. The molecular formula is C17H17BO2. The average Bonchev–Trinajstić information content (AvgIpc) is 2.46. The Morgan fingerprint density at radius 2 is 2.05 bits per heavy atom. The van der Waals surface area contributed by atoms with Gasteiger partial charge in [-0.1, -0.05) is 47.9 Å². The van der Waals surface area contributed by atoms with Gasteiger partial charge >= 0.3 is 5.97 Å². The maximum atomic E-state index is 12.2. The van der Waals surface area contributed by atoms with E-state index in [2.05, 4.69) is 32.1 Å². The molecule has 3 rings (SSSR count). The Kier molecular flexibility index (Phi) is 3.35. The van der Waals surface area contributed by atoms with Crippen molar-refractivity contribution in [1.82, 2.24) is 0 Å². The number of ether oxygens (including phenoxy) is 1. The van der Waals surface area contributed by atoms with E-state index in [0.717, 1.165) is 17.5 Å². The fraction of sp³-hybridized carbons (Fsp3) is 0.235. The van der Waals surface area contributed by atoms with Crippen molar-refractivity contribution in [2.24, 2.45) is 0 Å². The van der Waals surface area contributed by atoms with Crippen molar-refractivity contribution in [1.29, 1.82) is 0 Å². The highest BCUT2D eigenvalue weighted by Crippen LogP contribution is 2.39. The van der Waals surface area contributed by atoms with Crippen molar-refractivity contribution in [2.75, 3.05) is 6.61 Å². The van der Waals surface area contributed by atoms with E-state index < -0.39 is 0 Å². The third-order valence-corrected chi connectivity index (χ3v) is 3.88. The van der Waals surface area contributed by atoms with Crippen LogP contribution >= 0.6 is 0 Å². The third kappa shape index (κ3) is 2.13. The molecule has 1 atom stereocenters. The van der Waals surface area contributed by atoms with Crippen LogP contribution < -0.4 is 5.46 Å². The van der Waals surface area contributed by atoms with Crippen molar-refractivity contribution < 1.29 is 9.53 Å². The molecular weight excluding hydrogens is 247 g/mol. The lowest BCUT2D eigenvalue weighted by Gasteiger charge is -2.26. The van der Waals surface area contributed by atoms with Crippen LogP contribution in [0.4, 0.5) is 0 Å². The van der Waals surface area contributed by atoms with Gasteiger partial charge < -0.3 is 4.74 Å². The first kappa shape index (κ1) is 13.0. The van der Waals surface area contributed by atoms with Crippen molar-refractivity contribution >= 4 is 19.3 Å². The second-order valence-corrected chi connectivity index (χ2v) is 5.26. The number of benzene rings is 2. The molecule has 0 spiro atoms. The monoisotopic (exact) mass is 264 g/mol. The Balaban J connectivity index is 2.13. The van der Waals surface area contributed by atoms with E-state index in [1.807, 2.05) is 25.1 Å². The minimum Gasteiger partial charge on any atom is -0.466 e. The molecule has 3 heteroatoms. The summed E-state index contributed by atoms with van der Waals surface area (Å²) in [7, 11) is 2.08. The molecule has 0 saturated heterocycles. The van der Waals surface area contributed by atoms with Crippen LogP contribution in [0.25, 0.3) is 11.1 Å². The van der Waals surface area contributed by atoms with Gasteiger partial charge in [-0.15, -0.1) is 0 Å². The molecule has 0 heterocycles. The molecule has 0 amide bonds. The van der Waals surface area contributed by atoms with Crippen LogP contribution in [-0.2, 0) is 16.0 Å². The fourth-order valence-corrected chi connectivity index (χ4v) is 2.98. The van der Waals surface area contributed by atoms with Gasteiger partial charge in [0.15, 0.2) is 0 Å². The topological polar surface area (TPSA) is 26.3 Å². The van der Waals surface area contributed by atoms with Crippen LogP contribution in [0.1, 0.15) is 24.0 Å². The van der Waals surface area contributed by atoms with E-state index in [0.29, 0.717) is 6.61 Å². The van der Waals surface area contributed by atoms with Gasteiger partial charge in [-0.3, -0.25) is 4.79 Å². The normalized spacial score (nSPS) is 16.1. The molecule has 20 heavy (non-hydrogen) atoms. The summed E-state index contributed by atoms with van der Waals surface area (Å²) in [5.41, 5.74) is 5.95. The lowest BCUT2D eigenvalue weighted by Crippen LogP contribution is -2.23. The largest absolute Gasteiger partial charge is 0.466 e. The quantitative estimate of drug-likeness (QED) is 0.611. The number of hydrogen-bond donors (Lipinski definition) is 0. The molecule has 1 unspecified atom stereocenters. The van der Waals surface area contributed by atoms with E-state index >= 15 is 0 Å². The van der Waals surface area contributed by atoms with E-state index in [1.165, 1.54) is 16.6 Å². The summed E-state index contributed by atoms with van der Waals surface area (Å²) < 4.78 is 5.24. The number of fused-ring (bicyclic) bond motifs is 3. The Hall–Kier alpha value is -2.03. The summed E-state index contributed by atoms with van der Waals surface area (Å²) in [6.45, 7) is 2.28. The van der Waals surface area contributed by atoms with Crippen LogP contribution in [0.3, 0.4) is 0 Å². The molecule has 0 aromatic heterocycles. The van der Waals surface area contributed by atoms with Gasteiger partial charge in [-0.25, -0.2) is 0 Å². The lowest BCUT2D eigenvalue weighted by atomic mass is 9.77. The van der Waals surface area contributed by atoms with Gasteiger partial charge in [-0.2, -0.15) is 0 Å². The van der Waals surface area contributed by atoms with Crippen LogP contribution in [0, 0.1) is 0 Å². The first-order valence-corrected chi connectivity index (χ1v) is 7.06. The summed E-state index contributed by atoms with van der Waals surface area (Å²) in [6.07, 6.45) is 0.729. The van der Waals surface area contributed by atoms with Gasteiger partial charge in [0, 0.05) is 0 Å². The molecule has 1 aliphatic rings. The summed E-state index contributed by atoms with van der Waals surface area (Å²) >= 11 is 0. The Morgan fingerprint density at radius 3 is 2.85 bits per heavy atom. The van der Waals surface area contributed by atoms with Gasteiger partial charge in [0.05, 0.1) is 12.5 Å². The SMILES string of the molecule is Bc1ccc2c(c1)CC(C(=O)OCC)c1ccccc1-2. The minimum absolute atomic E-state index is 0.118. The fourth-order valence-electron chi connectivity index (χ4n) is 2.98. The second kappa shape index (κ2) is 5.16. The Labute approximate surface area is 120 Å². The zero-order valence-corrected chi connectivity index (χ0v) is 11.8. The van der Waals surface area contributed by atoms with Crippen LogP contribution in [0.2, 0.25) is 0 Å². The summed E-state index contributed by atoms with van der Waals surface area (Å²) in [5.74, 6) is -0.299. The summed E-state index contributed by atoms with van der Waals surface area (Å²) in [4.78, 5) is 12.2. The molecule has 1 aliphatic carbocycles. The first-order valence-electron chi connectivity index (χ1n) is 7.06. The number of hydrogen-bond acceptors (Lipinski definition) is 2. The maximum Gasteiger partial charge on any atom is 0.313 e. The third-order valence-electron chi connectivity index (χ3n) is 3.88. The number of carbonyl (C=O) groups excluding carboxylic acids is 1. The predicted molar refractivity (Wildman–Crippen MR) is 83.1 cm³/mol. The molecule has 2 nitrogen and oxygen atoms in total. The standard InChI is InChI=1S/C17H17BO2/c1-2-20-17(19)16-10-11-9-12(18)7-8-13(11)14-5-3-4-6-15(14)16/h3-9,16H,2,10,18H2,1H3. The molecule has 0 fully saturated rings. The first-order chi connectivity index (χ1) is 9.70. The van der Waals surface area contributed by atoms with Gasteiger partial charge in [-0.05, 0) is 35.6 Å². The predicted octanol–water partition coefficient (Wildman–Crippen LogP) is 1.81. The smallest absolute Gasteiger partial charge is 0.313 e. The van der Waals surface area contributed by atoms with E-state index in [4.69, 9.17) is 4.74 Å². The maximum absolute atomic E-state index is 12.2. The zero-order valence-electron chi connectivity index (χ0n) is 11.8. The highest BCUT2D eigenvalue weighted by molar-refractivity contribution is 6.32. The number of carbonyl (C=O) groups is 1. The molecule has 2 aromatic carbocycles. The summed E-state index contributed by atoms with van der Waals surface area (Å²) in [6, 6.07) is 14.6. The van der Waals surface area contributed by atoms with Crippen molar-refractivity contribution in [3.05, 3.63) is 53.6 Å². The van der Waals surface area contributed by atoms with Crippen molar-refractivity contribution in [2.45, 2.75) is 19.3 Å². The zero-order chi connectivity index (χ0) is 14.1. The summed E-state index contributed by atoms with van der Waals surface area (Å²) in [5, 5.41) is 0. The van der Waals surface area contributed by atoms with Crippen molar-refractivity contribution in [3.63, 3.8) is 0 Å².